The van der Waals surface area contributed by atoms with Crippen molar-refractivity contribution in [3.05, 3.63) is 35.2 Å². The molecule has 4 rings (SSSR count). The Hall–Kier alpha value is -2.41. The van der Waals surface area contributed by atoms with Gasteiger partial charge in [-0.15, -0.1) is 11.3 Å². The van der Waals surface area contributed by atoms with Crippen molar-refractivity contribution in [3.63, 3.8) is 0 Å². The molecule has 1 saturated heterocycles. The van der Waals surface area contributed by atoms with E-state index in [0.717, 1.165) is 15.6 Å². The average Bonchev–Trinajstić information content (AvgIpc) is 3.14. The number of thiophene rings is 1. The first-order chi connectivity index (χ1) is 13.4. The number of aromatic nitrogens is 4. The van der Waals surface area contributed by atoms with Gasteiger partial charge in [0.05, 0.1) is 16.7 Å². The van der Waals surface area contributed by atoms with Crippen molar-refractivity contribution < 1.29 is 18.3 Å². The molecule has 1 aliphatic rings. The van der Waals surface area contributed by atoms with Crippen LogP contribution in [0.25, 0.3) is 11.2 Å². The van der Waals surface area contributed by atoms with Crippen molar-refractivity contribution in [2.45, 2.75) is 10.3 Å². The molecule has 1 N–H and O–H groups in total. The van der Waals surface area contributed by atoms with E-state index in [2.05, 4.69) is 19.9 Å². The molecule has 13 heteroatoms. The number of nitrogens with zero attached hydrogens (tertiary/aromatic N) is 6. The fraction of sp³-hybridized carbons (Fsp3) is 0.267. The van der Waals surface area contributed by atoms with Crippen LogP contribution in [0.1, 0.15) is 0 Å². The zero-order valence-corrected chi connectivity index (χ0v) is 16.5. The van der Waals surface area contributed by atoms with Crippen molar-refractivity contribution in [2.75, 3.05) is 24.5 Å². The molecule has 3 aromatic heterocycles. The number of piperazine rings is 1. The smallest absolute Gasteiger partial charge is 0.323 e. The first-order valence-electron chi connectivity index (χ1n) is 8.04. The number of sulfonamides is 1. The molecule has 0 bridgehead atoms. The van der Waals surface area contributed by atoms with Crippen molar-refractivity contribution in [1.82, 2.24) is 24.2 Å². The van der Waals surface area contributed by atoms with Gasteiger partial charge in [0.1, 0.15) is 27.9 Å². The summed E-state index contributed by atoms with van der Waals surface area (Å²) in [6.45, 7) is 0.171. The van der Waals surface area contributed by atoms with Crippen LogP contribution in [0.5, 0.6) is 0 Å². The Morgan fingerprint density at radius 3 is 2.79 bits per heavy atom. The number of fused-ring (bicyclic) bond motifs is 1. The molecule has 4 heterocycles. The van der Waals surface area contributed by atoms with Crippen molar-refractivity contribution in [3.8, 4) is 0 Å². The van der Waals surface area contributed by atoms with E-state index in [0.29, 0.717) is 21.3 Å². The van der Waals surface area contributed by atoms with Gasteiger partial charge in [0.2, 0.25) is 0 Å². The highest BCUT2D eigenvalue weighted by atomic mass is 35.5. The molecule has 0 amide bonds. The first kappa shape index (κ1) is 18.9. The molecule has 0 radical (unpaired) electrons. The molecule has 0 spiro atoms. The molecule has 1 fully saturated rings. The number of carbonyl (C=O) groups is 1. The Labute approximate surface area is 168 Å². The van der Waals surface area contributed by atoms with Gasteiger partial charge in [0.25, 0.3) is 10.0 Å². The van der Waals surface area contributed by atoms with E-state index >= 15 is 0 Å². The number of hydrogen-bond acceptors (Lipinski definition) is 9. The molecule has 3 aromatic rings. The van der Waals surface area contributed by atoms with Crippen LogP contribution in [0.4, 0.5) is 5.82 Å². The predicted octanol–water partition coefficient (Wildman–Crippen LogP) is 1.10. The predicted molar refractivity (Wildman–Crippen MR) is 102 cm³/mol. The second kappa shape index (κ2) is 7.20. The number of anilines is 1. The van der Waals surface area contributed by atoms with E-state index in [-0.39, 0.29) is 23.8 Å². The summed E-state index contributed by atoms with van der Waals surface area (Å²) in [5.74, 6) is -0.819. The molecular weight excluding hydrogens is 428 g/mol. The average molecular weight is 441 g/mol. The maximum atomic E-state index is 12.9. The van der Waals surface area contributed by atoms with E-state index in [4.69, 9.17) is 11.6 Å². The maximum Gasteiger partial charge on any atom is 0.323 e. The van der Waals surface area contributed by atoms with Crippen LogP contribution in [0, 0.1) is 0 Å². The highest BCUT2D eigenvalue weighted by Crippen LogP contribution is 2.30. The zero-order chi connectivity index (χ0) is 19.9. The highest BCUT2D eigenvalue weighted by Gasteiger charge is 2.41. The SMILES string of the molecule is O=C(O)[C@H]1CN(c2cnc3cncnc3n2)CCN1S(=O)(=O)c1ccc(Cl)s1. The Morgan fingerprint density at radius 2 is 2.07 bits per heavy atom. The molecule has 0 saturated carbocycles. The lowest BCUT2D eigenvalue weighted by molar-refractivity contribution is -0.141. The van der Waals surface area contributed by atoms with Gasteiger partial charge in [-0.2, -0.15) is 4.31 Å². The minimum absolute atomic E-state index is 0.0133. The van der Waals surface area contributed by atoms with Gasteiger partial charge in [-0.25, -0.2) is 28.4 Å². The van der Waals surface area contributed by atoms with Gasteiger partial charge in [-0.3, -0.25) is 4.79 Å². The van der Waals surface area contributed by atoms with Crippen LogP contribution >= 0.6 is 22.9 Å². The Bertz CT molecular complexity index is 1150. The Morgan fingerprint density at radius 1 is 1.25 bits per heavy atom. The number of carboxylic acid groups (broad SMARTS) is 1. The molecule has 1 aliphatic heterocycles. The Balaban J connectivity index is 1.63. The fourth-order valence-corrected chi connectivity index (χ4v) is 6.10. The summed E-state index contributed by atoms with van der Waals surface area (Å²) in [6, 6.07) is 1.57. The minimum Gasteiger partial charge on any atom is -0.480 e. The summed E-state index contributed by atoms with van der Waals surface area (Å²) >= 11 is 6.73. The fourth-order valence-electron chi connectivity index (χ4n) is 2.93. The molecule has 0 aliphatic carbocycles. The van der Waals surface area contributed by atoms with E-state index in [1.165, 1.54) is 30.9 Å². The van der Waals surface area contributed by atoms with Gasteiger partial charge in [-0.05, 0) is 12.1 Å². The lowest BCUT2D eigenvalue weighted by Crippen LogP contribution is -2.58. The number of carboxylic acids is 1. The summed E-state index contributed by atoms with van der Waals surface area (Å²) in [6.07, 6.45) is 4.36. The van der Waals surface area contributed by atoms with Crippen LogP contribution in [0.15, 0.2) is 35.1 Å². The molecule has 0 aromatic carbocycles. The second-order valence-electron chi connectivity index (χ2n) is 5.93. The highest BCUT2D eigenvalue weighted by molar-refractivity contribution is 7.91. The molecule has 146 valence electrons. The van der Waals surface area contributed by atoms with Gasteiger partial charge < -0.3 is 10.0 Å². The van der Waals surface area contributed by atoms with Gasteiger partial charge >= 0.3 is 5.97 Å². The molecule has 10 nitrogen and oxygen atoms in total. The number of aliphatic carboxylic acids is 1. The summed E-state index contributed by atoms with van der Waals surface area (Å²) in [5.41, 5.74) is 0.888. The summed E-state index contributed by atoms with van der Waals surface area (Å²) < 4.78 is 27.1. The summed E-state index contributed by atoms with van der Waals surface area (Å²) in [5, 5.41) is 9.65. The van der Waals surface area contributed by atoms with E-state index < -0.39 is 22.0 Å². The summed E-state index contributed by atoms with van der Waals surface area (Å²) in [7, 11) is -3.97. The van der Waals surface area contributed by atoms with E-state index in [9.17, 15) is 18.3 Å². The molecule has 1 atom stereocenters. The van der Waals surface area contributed by atoms with Gasteiger partial charge in [0.15, 0.2) is 5.65 Å². The molecule has 0 unspecified atom stereocenters. The van der Waals surface area contributed by atoms with Crippen LogP contribution in [0.3, 0.4) is 0 Å². The van der Waals surface area contributed by atoms with E-state index in [1.807, 2.05) is 0 Å². The van der Waals surface area contributed by atoms with Crippen molar-refractivity contribution in [1.29, 1.82) is 0 Å². The third-order valence-electron chi connectivity index (χ3n) is 4.26. The maximum absolute atomic E-state index is 12.9. The largest absolute Gasteiger partial charge is 0.480 e. The van der Waals surface area contributed by atoms with Gasteiger partial charge in [-0.1, -0.05) is 11.6 Å². The number of rotatable bonds is 4. The van der Waals surface area contributed by atoms with Crippen LogP contribution in [0.2, 0.25) is 4.34 Å². The second-order valence-corrected chi connectivity index (χ2v) is 9.77. The minimum atomic E-state index is -3.97. The normalized spacial score (nSPS) is 18.5. The third-order valence-corrected chi connectivity index (χ3v) is 7.87. The van der Waals surface area contributed by atoms with E-state index in [1.54, 1.807) is 4.90 Å². The molecular formula is C15H13ClN6O4S2. The summed E-state index contributed by atoms with van der Waals surface area (Å²) in [4.78, 5) is 30.0. The van der Waals surface area contributed by atoms with Crippen LogP contribution < -0.4 is 4.90 Å². The van der Waals surface area contributed by atoms with Crippen LogP contribution in [-0.2, 0) is 14.8 Å². The van der Waals surface area contributed by atoms with Gasteiger partial charge in [0, 0.05) is 19.6 Å². The van der Waals surface area contributed by atoms with Crippen molar-refractivity contribution in [2.24, 2.45) is 0 Å². The zero-order valence-electron chi connectivity index (χ0n) is 14.1. The Kier molecular flexibility index (Phi) is 4.87. The monoisotopic (exact) mass is 440 g/mol. The standard InChI is InChI=1S/C15H13ClN6O4S2/c16-11-1-2-13(27-11)28(25,26)22-4-3-21(7-10(22)15(23)24)12-6-18-9-5-17-8-19-14(9)20-12/h1-2,5-6,8,10H,3-4,7H2,(H,23,24)/t10-/m1/s1. The third kappa shape index (κ3) is 3.39. The van der Waals surface area contributed by atoms with Crippen molar-refractivity contribution >= 4 is 55.9 Å². The lowest BCUT2D eigenvalue weighted by Gasteiger charge is -2.38. The first-order valence-corrected chi connectivity index (χ1v) is 10.7. The van der Waals surface area contributed by atoms with Crippen LogP contribution in [-0.4, -0.2) is 69.4 Å². The molecule has 28 heavy (non-hydrogen) atoms. The topological polar surface area (TPSA) is 129 Å². The quantitative estimate of drug-likeness (QED) is 0.633. The number of halogens is 1. The lowest BCUT2D eigenvalue weighted by atomic mass is 10.2. The number of hydrogen-bond donors (Lipinski definition) is 1.